The smallest absolute Gasteiger partial charge is 0.258 e. The average Bonchev–Trinajstić information content (AvgIpc) is 3.39. The predicted molar refractivity (Wildman–Crippen MR) is 125 cm³/mol. The lowest BCUT2D eigenvalue weighted by Gasteiger charge is -2.28. The maximum Gasteiger partial charge on any atom is 0.258 e. The average molecular weight is 429 g/mol. The van der Waals surface area contributed by atoms with Crippen LogP contribution in [0.2, 0.25) is 0 Å². The van der Waals surface area contributed by atoms with Gasteiger partial charge in [0.05, 0.1) is 6.04 Å². The third-order valence-electron chi connectivity index (χ3n) is 5.78. The molecule has 0 radical (unpaired) electrons. The fourth-order valence-electron chi connectivity index (χ4n) is 4.06. The van der Waals surface area contributed by atoms with Crippen molar-refractivity contribution in [3.63, 3.8) is 0 Å². The Morgan fingerprint density at radius 2 is 1.41 bits per heavy atom. The Morgan fingerprint density at radius 1 is 0.812 bits per heavy atom. The SMILES string of the molecule is O=C(COc1ccc(C(=O)c2ccccc2)cc1)NC[C@H](c1ccccc1)N1CCCC1. The molecule has 5 nitrogen and oxygen atoms in total. The Bertz CT molecular complexity index is 1010. The van der Waals surface area contributed by atoms with Gasteiger partial charge in [0.15, 0.2) is 12.4 Å². The zero-order chi connectivity index (χ0) is 22.2. The maximum absolute atomic E-state index is 12.5. The quantitative estimate of drug-likeness (QED) is 0.518. The third kappa shape index (κ3) is 5.62. The standard InChI is InChI=1S/C27H28N2O3/c30-26(28-19-25(29-17-7-8-18-29)21-9-3-1-4-10-21)20-32-24-15-13-23(14-16-24)27(31)22-11-5-2-6-12-22/h1-6,9-16,25H,7-8,17-20H2,(H,28,30)/t25-/m1/s1. The van der Waals surface area contributed by atoms with Crippen molar-refractivity contribution in [1.82, 2.24) is 10.2 Å². The number of nitrogens with zero attached hydrogens (tertiary/aromatic N) is 1. The molecule has 0 aliphatic carbocycles. The molecular weight excluding hydrogens is 400 g/mol. The molecule has 3 aromatic rings. The summed E-state index contributed by atoms with van der Waals surface area (Å²) in [6.45, 7) is 2.60. The molecule has 1 aliphatic rings. The van der Waals surface area contributed by atoms with E-state index in [0.717, 1.165) is 13.1 Å². The number of amides is 1. The highest BCUT2D eigenvalue weighted by Crippen LogP contribution is 2.24. The first-order valence-electron chi connectivity index (χ1n) is 11.1. The molecule has 0 unspecified atom stereocenters. The van der Waals surface area contributed by atoms with Crippen molar-refractivity contribution < 1.29 is 14.3 Å². The van der Waals surface area contributed by atoms with E-state index in [-0.39, 0.29) is 24.3 Å². The molecule has 0 spiro atoms. The van der Waals surface area contributed by atoms with Gasteiger partial charge in [0, 0.05) is 17.7 Å². The summed E-state index contributed by atoms with van der Waals surface area (Å²) in [6.07, 6.45) is 2.40. The molecule has 1 N–H and O–H groups in total. The van der Waals surface area contributed by atoms with Crippen LogP contribution in [-0.2, 0) is 4.79 Å². The number of ether oxygens (including phenoxy) is 1. The van der Waals surface area contributed by atoms with E-state index in [4.69, 9.17) is 4.74 Å². The van der Waals surface area contributed by atoms with E-state index in [9.17, 15) is 9.59 Å². The molecule has 1 saturated heterocycles. The van der Waals surface area contributed by atoms with Crippen molar-refractivity contribution in [2.45, 2.75) is 18.9 Å². The number of hydrogen-bond acceptors (Lipinski definition) is 4. The van der Waals surface area contributed by atoms with Crippen molar-refractivity contribution in [1.29, 1.82) is 0 Å². The van der Waals surface area contributed by atoms with Gasteiger partial charge in [-0.25, -0.2) is 0 Å². The van der Waals surface area contributed by atoms with Crippen LogP contribution >= 0.6 is 0 Å². The van der Waals surface area contributed by atoms with Gasteiger partial charge in [0.2, 0.25) is 0 Å². The monoisotopic (exact) mass is 428 g/mol. The van der Waals surface area contributed by atoms with Crippen molar-refractivity contribution in [3.8, 4) is 5.75 Å². The molecule has 1 heterocycles. The first-order chi connectivity index (χ1) is 15.7. The molecule has 1 fully saturated rings. The first-order valence-corrected chi connectivity index (χ1v) is 11.1. The van der Waals surface area contributed by atoms with Crippen LogP contribution in [0, 0.1) is 0 Å². The molecule has 3 aromatic carbocycles. The normalized spacial score (nSPS) is 14.6. The molecule has 1 amide bonds. The summed E-state index contributed by atoms with van der Waals surface area (Å²) < 4.78 is 5.63. The highest BCUT2D eigenvalue weighted by atomic mass is 16.5. The summed E-state index contributed by atoms with van der Waals surface area (Å²) in [6, 6.07) is 26.5. The van der Waals surface area contributed by atoms with Crippen molar-refractivity contribution in [3.05, 3.63) is 102 Å². The number of benzene rings is 3. The van der Waals surface area contributed by atoms with Crippen LogP contribution in [0.1, 0.15) is 40.4 Å². The van der Waals surface area contributed by atoms with Crippen LogP contribution in [-0.4, -0.2) is 42.8 Å². The molecular formula is C27H28N2O3. The molecule has 0 saturated carbocycles. The molecule has 1 atom stereocenters. The second-order valence-corrected chi connectivity index (χ2v) is 7.98. The second kappa shape index (κ2) is 10.7. The second-order valence-electron chi connectivity index (χ2n) is 7.98. The lowest BCUT2D eigenvalue weighted by Crippen LogP contribution is -2.38. The fraction of sp³-hybridized carbons (Fsp3) is 0.259. The van der Waals surface area contributed by atoms with Crippen LogP contribution in [0.25, 0.3) is 0 Å². The van der Waals surface area contributed by atoms with Gasteiger partial charge < -0.3 is 10.1 Å². The van der Waals surface area contributed by atoms with Crippen LogP contribution < -0.4 is 10.1 Å². The number of ketones is 1. The van der Waals surface area contributed by atoms with E-state index in [0.29, 0.717) is 23.4 Å². The van der Waals surface area contributed by atoms with Gasteiger partial charge in [0.1, 0.15) is 5.75 Å². The summed E-state index contributed by atoms with van der Waals surface area (Å²) in [7, 11) is 0. The minimum Gasteiger partial charge on any atom is -0.484 e. The molecule has 0 bridgehead atoms. The molecule has 164 valence electrons. The Hall–Kier alpha value is -3.44. The Balaban J connectivity index is 1.29. The van der Waals surface area contributed by atoms with E-state index in [2.05, 4.69) is 22.3 Å². The third-order valence-corrected chi connectivity index (χ3v) is 5.78. The topological polar surface area (TPSA) is 58.6 Å². The Labute approximate surface area is 189 Å². The number of rotatable bonds is 9. The molecule has 4 rings (SSSR count). The van der Waals surface area contributed by atoms with E-state index in [1.54, 1.807) is 36.4 Å². The fourth-order valence-corrected chi connectivity index (χ4v) is 4.06. The Kier molecular flexibility index (Phi) is 7.31. The van der Waals surface area contributed by atoms with Crippen molar-refractivity contribution >= 4 is 11.7 Å². The lowest BCUT2D eigenvalue weighted by atomic mass is 10.0. The maximum atomic E-state index is 12.5. The van der Waals surface area contributed by atoms with E-state index in [1.807, 2.05) is 36.4 Å². The lowest BCUT2D eigenvalue weighted by molar-refractivity contribution is -0.123. The van der Waals surface area contributed by atoms with Crippen molar-refractivity contribution in [2.24, 2.45) is 0 Å². The van der Waals surface area contributed by atoms with Gasteiger partial charge in [0.25, 0.3) is 5.91 Å². The van der Waals surface area contributed by atoms with E-state index < -0.39 is 0 Å². The van der Waals surface area contributed by atoms with Gasteiger partial charge in [-0.2, -0.15) is 0 Å². The van der Waals surface area contributed by atoms with Gasteiger partial charge in [-0.1, -0.05) is 60.7 Å². The van der Waals surface area contributed by atoms with Crippen LogP contribution in [0.4, 0.5) is 0 Å². The molecule has 5 heteroatoms. The minimum atomic E-state index is -0.158. The van der Waals surface area contributed by atoms with Gasteiger partial charge in [-0.05, 0) is 55.8 Å². The van der Waals surface area contributed by atoms with Crippen LogP contribution in [0.15, 0.2) is 84.9 Å². The summed E-state index contributed by atoms with van der Waals surface area (Å²) >= 11 is 0. The van der Waals surface area contributed by atoms with E-state index >= 15 is 0 Å². The number of carbonyl (C=O) groups is 2. The van der Waals surface area contributed by atoms with Gasteiger partial charge in [-0.15, -0.1) is 0 Å². The minimum absolute atomic E-state index is 0.0382. The first kappa shape index (κ1) is 21.8. The number of likely N-dealkylation sites (tertiary alicyclic amines) is 1. The number of hydrogen-bond donors (Lipinski definition) is 1. The van der Waals surface area contributed by atoms with Crippen LogP contribution in [0.5, 0.6) is 5.75 Å². The molecule has 0 aromatic heterocycles. The van der Waals surface area contributed by atoms with Crippen LogP contribution in [0.3, 0.4) is 0 Å². The summed E-state index contributed by atoms with van der Waals surface area (Å²) in [5, 5.41) is 3.02. The highest BCUT2D eigenvalue weighted by Gasteiger charge is 2.23. The largest absolute Gasteiger partial charge is 0.484 e. The number of carbonyl (C=O) groups excluding carboxylic acids is 2. The number of nitrogens with one attached hydrogen (secondary N) is 1. The zero-order valence-corrected chi connectivity index (χ0v) is 18.1. The highest BCUT2D eigenvalue weighted by molar-refractivity contribution is 6.08. The Morgan fingerprint density at radius 3 is 2.06 bits per heavy atom. The zero-order valence-electron chi connectivity index (χ0n) is 18.1. The predicted octanol–water partition coefficient (Wildman–Crippen LogP) is 4.25. The van der Waals surface area contributed by atoms with Crippen molar-refractivity contribution in [2.75, 3.05) is 26.2 Å². The van der Waals surface area contributed by atoms with Gasteiger partial charge in [-0.3, -0.25) is 14.5 Å². The molecule has 1 aliphatic heterocycles. The van der Waals surface area contributed by atoms with E-state index in [1.165, 1.54) is 18.4 Å². The van der Waals surface area contributed by atoms with Gasteiger partial charge >= 0.3 is 0 Å². The summed E-state index contributed by atoms with van der Waals surface area (Å²) in [5.41, 5.74) is 2.45. The summed E-state index contributed by atoms with van der Waals surface area (Å²) in [4.78, 5) is 27.3. The summed E-state index contributed by atoms with van der Waals surface area (Å²) in [5.74, 6) is 0.363. The molecule has 32 heavy (non-hydrogen) atoms.